The molecule has 32 heavy (non-hydrogen) atoms. The smallest absolute Gasteiger partial charge is 0.266 e. The number of hydrogen-bond donors (Lipinski definition) is 1. The number of nitriles is 1. The van der Waals surface area contributed by atoms with Crippen LogP contribution >= 0.6 is 27.5 Å². The molecule has 3 aromatic carbocycles. The SMILES string of the molecule is Cc1ccc(Cl)cc1NC(=O)/C(C#N)=C/c1cc(C)c(OCc2ccc(Br)cc2)c(C)c1. The highest BCUT2D eigenvalue weighted by molar-refractivity contribution is 9.10. The minimum Gasteiger partial charge on any atom is -0.488 e. The summed E-state index contributed by atoms with van der Waals surface area (Å²) in [5.74, 6) is 0.311. The van der Waals surface area contributed by atoms with E-state index in [1.807, 2.05) is 69.3 Å². The number of anilines is 1. The number of amides is 1. The number of rotatable bonds is 6. The molecule has 0 atom stereocenters. The van der Waals surface area contributed by atoms with Crippen LogP contribution in [0, 0.1) is 32.1 Å². The van der Waals surface area contributed by atoms with Crippen LogP contribution in [0.15, 0.2) is 64.6 Å². The summed E-state index contributed by atoms with van der Waals surface area (Å²) < 4.78 is 7.06. The van der Waals surface area contributed by atoms with Crippen molar-refractivity contribution in [1.82, 2.24) is 0 Å². The number of halogens is 2. The van der Waals surface area contributed by atoms with E-state index in [0.29, 0.717) is 17.3 Å². The third-order valence-electron chi connectivity index (χ3n) is 4.90. The Morgan fingerprint density at radius 1 is 1.06 bits per heavy atom. The lowest BCUT2D eigenvalue weighted by atomic mass is 10.0. The Balaban J connectivity index is 1.78. The van der Waals surface area contributed by atoms with E-state index < -0.39 is 5.91 Å². The molecule has 0 unspecified atom stereocenters. The van der Waals surface area contributed by atoms with Crippen LogP contribution in [0.1, 0.15) is 27.8 Å². The number of aryl methyl sites for hydroxylation is 3. The average Bonchev–Trinajstić information content (AvgIpc) is 2.75. The average molecular weight is 510 g/mol. The van der Waals surface area contributed by atoms with E-state index in [1.54, 1.807) is 18.2 Å². The molecule has 0 aliphatic rings. The van der Waals surface area contributed by atoms with E-state index in [1.165, 1.54) is 0 Å². The first kappa shape index (κ1) is 23.6. The summed E-state index contributed by atoms with van der Waals surface area (Å²) in [6.07, 6.45) is 1.58. The van der Waals surface area contributed by atoms with Gasteiger partial charge in [0.25, 0.3) is 5.91 Å². The summed E-state index contributed by atoms with van der Waals surface area (Å²) in [5, 5.41) is 12.8. The predicted molar refractivity (Wildman–Crippen MR) is 133 cm³/mol. The number of nitrogens with one attached hydrogen (secondary N) is 1. The van der Waals surface area contributed by atoms with Gasteiger partial charge in [-0.05, 0) is 91.1 Å². The molecule has 0 aliphatic carbocycles. The molecule has 4 nitrogen and oxygen atoms in total. The van der Waals surface area contributed by atoms with E-state index >= 15 is 0 Å². The zero-order chi connectivity index (χ0) is 23.3. The molecule has 0 fully saturated rings. The monoisotopic (exact) mass is 508 g/mol. The number of hydrogen-bond acceptors (Lipinski definition) is 3. The van der Waals surface area contributed by atoms with Crippen LogP contribution in [0.3, 0.4) is 0 Å². The predicted octanol–water partition coefficient (Wildman–Crippen LogP) is 7.15. The minimum absolute atomic E-state index is 0.00621. The highest BCUT2D eigenvalue weighted by atomic mass is 79.9. The van der Waals surface area contributed by atoms with Crippen LogP contribution in [0.5, 0.6) is 5.75 Å². The maximum atomic E-state index is 12.7. The fourth-order valence-electron chi connectivity index (χ4n) is 3.26. The van der Waals surface area contributed by atoms with E-state index in [-0.39, 0.29) is 5.57 Å². The summed E-state index contributed by atoms with van der Waals surface area (Å²) in [7, 11) is 0. The Kier molecular flexibility index (Phi) is 7.74. The summed E-state index contributed by atoms with van der Waals surface area (Å²) >= 11 is 9.45. The van der Waals surface area contributed by atoms with Gasteiger partial charge in [-0.15, -0.1) is 0 Å². The van der Waals surface area contributed by atoms with Gasteiger partial charge in [-0.25, -0.2) is 0 Å². The molecule has 1 N–H and O–H groups in total. The molecular formula is C26H22BrClN2O2. The first-order chi connectivity index (χ1) is 15.3. The Bertz CT molecular complexity index is 1200. The second-order valence-electron chi connectivity index (χ2n) is 7.48. The van der Waals surface area contributed by atoms with Gasteiger partial charge < -0.3 is 10.1 Å². The molecule has 0 radical (unpaired) electrons. The van der Waals surface area contributed by atoms with E-state index in [2.05, 4.69) is 21.2 Å². The van der Waals surface area contributed by atoms with E-state index in [9.17, 15) is 10.1 Å². The van der Waals surface area contributed by atoms with Crippen molar-refractivity contribution >= 4 is 45.2 Å². The van der Waals surface area contributed by atoms with Gasteiger partial charge in [0.05, 0.1) is 0 Å². The van der Waals surface area contributed by atoms with Gasteiger partial charge in [0.15, 0.2) is 0 Å². The van der Waals surface area contributed by atoms with Crippen LogP contribution in [-0.2, 0) is 11.4 Å². The van der Waals surface area contributed by atoms with Crippen molar-refractivity contribution in [3.05, 3.63) is 97.5 Å². The van der Waals surface area contributed by atoms with Gasteiger partial charge in [-0.3, -0.25) is 4.79 Å². The molecule has 162 valence electrons. The van der Waals surface area contributed by atoms with Crippen LogP contribution in [0.4, 0.5) is 5.69 Å². The molecule has 0 aliphatic heterocycles. The zero-order valence-electron chi connectivity index (χ0n) is 18.0. The van der Waals surface area contributed by atoms with Gasteiger partial charge >= 0.3 is 0 Å². The lowest BCUT2D eigenvalue weighted by Gasteiger charge is -2.14. The summed E-state index contributed by atoms with van der Waals surface area (Å²) in [4.78, 5) is 12.7. The van der Waals surface area contributed by atoms with Crippen molar-refractivity contribution in [2.24, 2.45) is 0 Å². The minimum atomic E-state index is -0.483. The zero-order valence-corrected chi connectivity index (χ0v) is 20.3. The maximum absolute atomic E-state index is 12.7. The maximum Gasteiger partial charge on any atom is 0.266 e. The first-order valence-corrected chi connectivity index (χ1v) is 11.1. The fraction of sp³-hybridized carbons (Fsp3) is 0.154. The van der Waals surface area contributed by atoms with Gasteiger partial charge in [-0.2, -0.15) is 5.26 Å². The normalized spacial score (nSPS) is 11.1. The molecule has 0 spiro atoms. The number of nitrogens with zero attached hydrogens (tertiary/aromatic N) is 1. The lowest BCUT2D eigenvalue weighted by molar-refractivity contribution is -0.112. The molecule has 6 heteroatoms. The van der Waals surface area contributed by atoms with Crippen molar-refractivity contribution in [2.75, 3.05) is 5.32 Å². The lowest BCUT2D eigenvalue weighted by Crippen LogP contribution is -2.14. The van der Waals surface area contributed by atoms with Crippen LogP contribution in [-0.4, -0.2) is 5.91 Å². The summed E-state index contributed by atoms with van der Waals surface area (Å²) in [6.45, 7) is 6.21. The first-order valence-electron chi connectivity index (χ1n) is 9.94. The van der Waals surface area contributed by atoms with Crippen LogP contribution in [0.25, 0.3) is 6.08 Å². The highest BCUT2D eigenvalue weighted by Crippen LogP contribution is 2.27. The van der Waals surface area contributed by atoms with Gasteiger partial charge in [-0.1, -0.05) is 45.7 Å². The highest BCUT2D eigenvalue weighted by Gasteiger charge is 2.13. The van der Waals surface area contributed by atoms with E-state index in [4.69, 9.17) is 16.3 Å². The van der Waals surface area contributed by atoms with Gasteiger partial charge in [0, 0.05) is 15.2 Å². The van der Waals surface area contributed by atoms with Gasteiger partial charge in [0.2, 0.25) is 0 Å². The number of carbonyl (C=O) groups excluding carboxylic acids is 1. The Labute approximate surface area is 201 Å². The second kappa shape index (κ2) is 10.5. The Morgan fingerprint density at radius 3 is 2.34 bits per heavy atom. The summed E-state index contributed by atoms with van der Waals surface area (Å²) in [5.41, 5.74) is 5.12. The molecule has 0 heterocycles. The van der Waals surface area contributed by atoms with Crippen molar-refractivity contribution < 1.29 is 9.53 Å². The summed E-state index contributed by atoms with van der Waals surface area (Å²) in [6, 6.07) is 19.0. The fourth-order valence-corrected chi connectivity index (χ4v) is 3.70. The largest absolute Gasteiger partial charge is 0.488 e. The third-order valence-corrected chi connectivity index (χ3v) is 5.67. The quantitative estimate of drug-likeness (QED) is 0.283. The number of carbonyl (C=O) groups is 1. The molecular weight excluding hydrogens is 488 g/mol. The molecule has 3 aromatic rings. The molecule has 0 bridgehead atoms. The topological polar surface area (TPSA) is 62.1 Å². The Morgan fingerprint density at radius 2 is 1.72 bits per heavy atom. The molecule has 0 saturated heterocycles. The molecule has 1 amide bonds. The van der Waals surface area contributed by atoms with Crippen molar-refractivity contribution in [2.45, 2.75) is 27.4 Å². The molecule has 0 saturated carbocycles. The van der Waals surface area contributed by atoms with Crippen LogP contribution in [0.2, 0.25) is 5.02 Å². The standard InChI is InChI=1S/C26H22BrClN2O2/c1-16-4-9-23(28)13-24(16)30-26(31)21(14-29)12-20-10-17(2)25(18(3)11-20)32-15-19-5-7-22(27)8-6-19/h4-13H,15H2,1-3H3,(H,30,31)/b21-12+. The number of ether oxygens (including phenoxy) is 1. The molecule has 3 rings (SSSR count). The van der Waals surface area contributed by atoms with Crippen molar-refractivity contribution in [3.63, 3.8) is 0 Å². The van der Waals surface area contributed by atoms with Gasteiger partial charge in [0.1, 0.15) is 24.0 Å². The second-order valence-corrected chi connectivity index (χ2v) is 8.83. The van der Waals surface area contributed by atoms with Crippen molar-refractivity contribution in [3.8, 4) is 11.8 Å². The van der Waals surface area contributed by atoms with Crippen LogP contribution < -0.4 is 10.1 Å². The third kappa shape index (κ3) is 6.00. The molecule has 0 aromatic heterocycles. The Hall–Kier alpha value is -3.07. The van der Waals surface area contributed by atoms with E-state index in [0.717, 1.165) is 38.0 Å². The number of benzene rings is 3. The van der Waals surface area contributed by atoms with Crippen molar-refractivity contribution in [1.29, 1.82) is 5.26 Å².